The van der Waals surface area contributed by atoms with Gasteiger partial charge >= 0.3 is 0 Å². The molecule has 3 heterocycles. The van der Waals surface area contributed by atoms with Crippen LogP contribution in [0.5, 0.6) is 17.2 Å². The molecule has 232 valence electrons. The topological polar surface area (TPSA) is 97.3 Å². The summed E-state index contributed by atoms with van der Waals surface area (Å²) in [6, 6.07) is 21.6. The first kappa shape index (κ1) is 30.3. The summed E-state index contributed by atoms with van der Waals surface area (Å²) in [5.41, 5.74) is 2.97. The summed E-state index contributed by atoms with van der Waals surface area (Å²) >= 11 is 1.02. The second-order valence-electron chi connectivity index (χ2n) is 10.8. The van der Waals surface area contributed by atoms with Gasteiger partial charge in [-0.3, -0.25) is 4.90 Å². The Kier molecular flexibility index (Phi) is 9.03. The summed E-state index contributed by atoms with van der Waals surface area (Å²) in [6.45, 7) is 6.60. The number of rotatable bonds is 10. The Hall–Kier alpha value is -3.71. The minimum atomic E-state index is -4.05. The molecule has 0 spiro atoms. The van der Waals surface area contributed by atoms with E-state index in [-0.39, 0.29) is 28.7 Å². The largest absolute Gasteiger partial charge is 0.497 e. The zero-order valence-electron chi connectivity index (χ0n) is 25.1. The van der Waals surface area contributed by atoms with Gasteiger partial charge in [0.25, 0.3) is 10.0 Å². The fourth-order valence-corrected chi connectivity index (χ4v) is 8.28. The van der Waals surface area contributed by atoms with E-state index >= 15 is 0 Å². The molecule has 0 saturated carbocycles. The van der Waals surface area contributed by atoms with Crippen molar-refractivity contribution in [1.82, 2.24) is 19.2 Å². The second kappa shape index (κ2) is 13.1. The summed E-state index contributed by atoms with van der Waals surface area (Å²) in [6.07, 6.45) is 2.19. The molecule has 2 aliphatic rings. The molecular formula is C32H37N5O5S2. The highest BCUT2D eigenvalue weighted by molar-refractivity contribution is 7.93. The first-order valence-corrected chi connectivity index (χ1v) is 16.9. The van der Waals surface area contributed by atoms with Gasteiger partial charge in [-0.15, -0.1) is 0 Å². The van der Waals surface area contributed by atoms with Crippen LogP contribution >= 0.6 is 11.5 Å². The minimum absolute atomic E-state index is 0.00568. The van der Waals surface area contributed by atoms with Crippen LogP contribution in [-0.2, 0) is 16.6 Å². The predicted molar refractivity (Wildman–Crippen MR) is 170 cm³/mol. The van der Waals surface area contributed by atoms with Gasteiger partial charge in [0.1, 0.15) is 23.6 Å². The molecule has 0 aliphatic carbocycles. The van der Waals surface area contributed by atoms with Crippen molar-refractivity contribution >= 4 is 26.7 Å². The van der Waals surface area contributed by atoms with Crippen LogP contribution in [0.4, 0.5) is 5.13 Å². The molecule has 0 radical (unpaired) electrons. The number of aromatic nitrogens is 2. The van der Waals surface area contributed by atoms with Gasteiger partial charge in [0.05, 0.1) is 32.3 Å². The molecule has 1 unspecified atom stereocenters. The van der Waals surface area contributed by atoms with Gasteiger partial charge in [-0.25, -0.2) is 17.7 Å². The number of ether oxygens (including phenoxy) is 3. The van der Waals surface area contributed by atoms with Crippen LogP contribution in [0.3, 0.4) is 0 Å². The molecule has 1 fully saturated rings. The molecular weight excluding hydrogens is 599 g/mol. The lowest BCUT2D eigenvalue weighted by Gasteiger charge is -2.46. The summed E-state index contributed by atoms with van der Waals surface area (Å²) in [5, 5.41) is 0.263. The summed E-state index contributed by atoms with van der Waals surface area (Å²) in [7, 11) is -0.932. The Morgan fingerprint density at radius 3 is 2.59 bits per heavy atom. The number of benzene rings is 3. The van der Waals surface area contributed by atoms with Crippen molar-refractivity contribution in [2.45, 2.75) is 36.9 Å². The van der Waals surface area contributed by atoms with Crippen LogP contribution in [0.25, 0.3) is 0 Å². The molecule has 3 aromatic carbocycles. The van der Waals surface area contributed by atoms with Crippen LogP contribution in [-0.4, -0.2) is 74.6 Å². The van der Waals surface area contributed by atoms with E-state index in [4.69, 9.17) is 14.2 Å². The molecule has 44 heavy (non-hydrogen) atoms. The molecule has 0 amide bonds. The Balaban J connectivity index is 1.33. The molecule has 0 bridgehead atoms. The highest BCUT2D eigenvalue weighted by Crippen LogP contribution is 2.43. The Labute approximate surface area is 263 Å². The number of sulfonamides is 1. The molecule has 1 saturated heterocycles. The zero-order chi connectivity index (χ0) is 30.7. The molecule has 4 aromatic rings. The molecule has 10 nitrogen and oxygen atoms in total. The quantitative estimate of drug-likeness (QED) is 0.234. The number of nitrogens with zero attached hydrogens (tertiary/aromatic N) is 5. The molecule has 12 heteroatoms. The Morgan fingerprint density at radius 1 is 1.02 bits per heavy atom. The normalized spacial score (nSPS) is 19.2. The third-order valence-corrected chi connectivity index (χ3v) is 11.0. The number of hydrogen-bond acceptors (Lipinski definition) is 10. The fourth-order valence-electron chi connectivity index (χ4n) is 6.14. The third-order valence-electron chi connectivity index (χ3n) is 8.49. The van der Waals surface area contributed by atoms with Crippen LogP contribution in [0, 0.1) is 0 Å². The lowest BCUT2D eigenvalue weighted by molar-refractivity contribution is 0.0257. The van der Waals surface area contributed by atoms with Gasteiger partial charge < -0.3 is 19.1 Å². The number of anilines is 1. The maximum Gasteiger partial charge on any atom is 0.266 e. The van der Waals surface area contributed by atoms with Crippen LogP contribution in [0.15, 0.2) is 78.0 Å². The van der Waals surface area contributed by atoms with Crippen molar-refractivity contribution in [1.29, 1.82) is 0 Å². The molecule has 1 aromatic heterocycles. The van der Waals surface area contributed by atoms with E-state index in [1.54, 1.807) is 44.6 Å². The molecule has 2 aliphatic heterocycles. The van der Waals surface area contributed by atoms with E-state index in [0.717, 1.165) is 49.7 Å². The summed E-state index contributed by atoms with van der Waals surface area (Å²) in [5.74, 6) is 1.73. The van der Waals surface area contributed by atoms with E-state index in [9.17, 15) is 8.42 Å². The van der Waals surface area contributed by atoms with Crippen molar-refractivity contribution in [3.05, 3.63) is 89.7 Å². The zero-order valence-corrected chi connectivity index (χ0v) is 26.8. The van der Waals surface area contributed by atoms with Gasteiger partial charge in [-0.1, -0.05) is 43.3 Å². The van der Waals surface area contributed by atoms with Gasteiger partial charge in [-0.2, -0.15) is 4.37 Å². The molecule has 2 atom stereocenters. The van der Waals surface area contributed by atoms with Gasteiger partial charge in [0.2, 0.25) is 5.13 Å². The number of methoxy groups -OCH3 is 2. The van der Waals surface area contributed by atoms with Gasteiger partial charge in [0, 0.05) is 72.9 Å². The van der Waals surface area contributed by atoms with Crippen molar-refractivity contribution in [2.75, 3.05) is 51.3 Å². The summed E-state index contributed by atoms with van der Waals surface area (Å²) in [4.78, 5) is 9.45. The molecule has 6 rings (SSSR count). The van der Waals surface area contributed by atoms with E-state index in [1.807, 2.05) is 6.07 Å². The Morgan fingerprint density at radius 2 is 1.86 bits per heavy atom. The van der Waals surface area contributed by atoms with E-state index in [0.29, 0.717) is 29.4 Å². The van der Waals surface area contributed by atoms with Gasteiger partial charge in [0.15, 0.2) is 0 Å². The monoisotopic (exact) mass is 635 g/mol. The number of hydrogen-bond donors (Lipinski definition) is 0. The first-order chi connectivity index (χ1) is 21.4. The van der Waals surface area contributed by atoms with Crippen molar-refractivity contribution in [2.24, 2.45) is 0 Å². The summed E-state index contributed by atoms with van der Waals surface area (Å²) < 4.78 is 50.9. The Bertz CT molecular complexity index is 1670. The van der Waals surface area contributed by atoms with Gasteiger partial charge in [-0.05, 0) is 30.3 Å². The minimum Gasteiger partial charge on any atom is -0.497 e. The average Bonchev–Trinajstić information content (AvgIpc) is 3.61. The lowest BCUT2D eigenvalue weighted by atomic mass is 9.93. The van der Waals surface area contributed by atoms with E-state index < -0.39 is 10.0 Å². The highest BCUT2D eigenvalue weighted by Gasteiger charge is 2.37. The maximum absolute atomic E-state index is 14.3. The van der Waals surface area contributed by atoms with E-state index in [1.165, 1.54) is 16.2 Å². The fraction of sp³-hybridized carbons (Fsp3) is 0.375. The third kappa shape index (κ3) is 5.99. The predicted octanol–water partition coefficient (Wildman–Crippen LogP) is 5.15. The van der Waals surface area contributed by atoms with Crippen molar-refractivity contribution < 1.29 is 22.6 Å². The van der Waals surface area contributed by atoms with Crippen LogP contribution in [0.1, 0.15) is 42.1 Å². The lowest BCUT2D eigenvalue weighted by Crippen LogP contribution is -2.50. The van der Waals surface area contributed by atoms with Crippen molar-refractivity contribution in [3.63, 3.8) is 0 Å². The average molecular weight is 636 g/mol. The smallest absolute Gasteiger partial charge is 0.266 e. The van der Waals surface area contributed by atoms with Crippen LogP contribution < -0.4 is 18.5 Å². The number of likely N-dealkylation sites (N-methyl/N-ethyl adjacent to an activating group) is 1. The first-order valence-electron chi connectivity index (χ1n) is 14.7. The highest BCUT2D eigenvalue weighted by atomic mass is 32.2. The number of piperazine rings is 1. The SMILES string of the molecule is CCN1CCN(C2CCOc3cc(S(=O)(=O)N(Cc4ccc(OC)cc4OC)c4ncns4)ccc32)[C@H](c2ccccc2)C1. The maximum atomic E-state index is 14.3. The van der Waals surface area contributed by atoms with Crippen molar-refractivity contribution in [3.8, 4) is 17.2 Å². The van der Waals surface area contributed by atoms with Crippen LogP contribution in [0.2, 0.25) is 0 Å². The molecule has 0 N–H and O–H groups in total. The standard InChI is InChI=1S/C32H37N5O5S2/c1-4-35-15-16-36(29(21-35)23-8-6-5-7-9-23)28-14-17-42-31-19-26(12-13-27(28)31)44(38,39)37(32-33-22-34-43-32)20-24-10-11-25(40-2)18-30(24)41-3/h5-13,18-19,22,28-29H,4,14-17,20-21H2,1-3H3/t28?,29-/m0/s1. The van der Waals surface area contributed by atoms with E-state index in [2.05, 4.69) is 56.4 Å². The second-order valence-corrected chi connectivity index (χ2v) is 13.4. The number of fused-ring (bicyclic) bond motifs is 1.